The summed E-state index contributed by atoms with van der Waals surface area (Å²) in [4.78, 5) is 15.6. The lowest BCUT2D eigenvalue weighted by Crippen LogP contribution is -2.29. The molecule has 100 valence electrons. The van der Waals surface area contributed by atoms with E-state index in [0.717, 1.165) is 5.56 Å². The van der Waals surface area contributed by atoms with Crippen LogP contribution < -0.4 is 5.32 Å². The number of hydrogen-bond acceptors (Lipinski definition) is 3. The summed E-state index contributed by atoms with van der Waals surface area (Å²) in [6.07, 6.45) is 0.668. The average molecular weight is 266 g/mol. The Morgan fingerprint density at radius 3 is 2.95 bits per heavy atom. The summed E-state index contributed by atoms with van der Waals surface area (Å²) in [5, 5.41) is 6.30. The average Bonchev–Trinajstić information content (AvgIpc) is 2.79. The molecule has 0 aliphatic carbocycles. The second-order valence-corrected chi connectivity index (χ2v) is 3.88. The van der Waals surface area contributed by atoms with Crippen molar-refractivity contribution in [2.24, 2.45) is 7.05 Å². The Morgan fingerprint density at radius 2 is 2.32 bits per heavy atom. The first-order valence-corrected chi connectivity index (χ1v) is 5.58. The van der Waals surface area contributed by atoms with Gasteiger partial charge < -0.3 is 5.32 Å². The predicted octanol–water partition coefficient (Wildman–Crippen LogP) is 1.48. The molecule has 2 rings (SSSR count). The van der Waals surface area contributed by atoms with Crippen LogP contribution >= 0.6 is 0 Å². The molecule has 0 unspecified atom stereocenters. The summed E-state index contributed by atoms with van der Waals surface area (Å²) in [6, 6.07) is 5.09. The van der Waals surface area contributed by atoms with E-state index in [1.54, 1.807) is 31.6 Å². The Balaban J connectivity index is 2.20. The Morgan fingerprint density at radius 1 is 1.53 bits per heavy atom. The highest BCUT2D eigenvalue weighted by atomic mass is 19.3. The maximum Gasteiger partial charge on any atom is 0.269 e. The number of pyridine rings is 1. The van der Waals surface area contributed by atoms with Crippen molar-refractivity contribution in [1.82, 2.24) is 20.1 Å². The van der Waals surface area contributed by atoms with Crippen LogP contribution in [0.25, 0.3) is 11.3 Å². The summed E-state index contributed by atoms with van der Waals surface area (Å²) < 4.78 is 25.4. The molecule has 0 atom stereocenters. The van der Waals surface area contributed by atoms with Crippen LogP contribution in [0.1, 0.15) is 10.5 Å². The van der Waals surface area contributed by atoms with Gasteiger partial charge in [-0.25, -0.2) is 8.78 Å². The van der Waals surface area contributed by atoms with Crippen molar-refractivity contribution in [3.8, 4) is 11.3 Å². The second-order valence-electron chi connectivity index (χ2n) is 3.88. The molecule has 0 aliphatic heterocycles. The fourth-order valence-electron chi connectivity index (χ4n) is 1.60. The zero-order valence-electron chi connectivity index (χ0n) is 10.2. The van der Waals surface area contributed by atoms with Crippen molar-refractivity contribution in [3.05, 3.63) is 36.3 Å². The highest BCUT2D eigenvalue weighted by Gasteiger charge is 2.15. The first-order chi connectivity index (χ1) is 9.08. The minimum atomic E-state index is -2.57. The van der Waals surface area contributed by atoms with Crippen molar-refractivity contribution in [3.63, 3.8) is 0 Å². The van der Waals surface area contributed by atoms with Gasteiger partial charge in [-0.15, -0.1) is 0 Å². The third kappa shape index (κ3) is 3.12. The summed E-state index contributed by atoms with van der Waals surface area (Å²) in [5.74, 6) is -0.578. The van der Waals surface area contributed by atoms with Crippen molar-refractivity contribution in [2.45, 2.75) is 6.43 Å². The van der Waals surface area contributed by atoms with Gasteiger partial charge in [0, 0.05) is 25.0 Å². The summed E-state index contributed by atoms with van der Waals surface area (Å²) in [6.45, 7) is -0.674. The monoisotopic (exact) mass is 266 g/mol. The fourth-order valence-corrected chi connectivity index (χ4v) is 1.60. The molecule has 0 spiro atoms. The molecule has 2 heterocycles. The number of alkyl halides is 2. The van der Waals surface area contributed by atoms with Crippen LogP contribution in [-0.4, -0.2) is 33.6 Å². The topological polar surface area (TPSA) is 59.8 Å². The van der Waals surface area contributed by atoms with Gasteiger partial charge >= 0.3 is 0 Å². The molecule has 0 aliphatic rings. The maximum atomic E-state index is 12.0. The van der Waals surface area contributed by atoms with Crippen molar-refractivity contribution in [1.29, 1.82) is 0 Å². The van der Waals surface area contributed by atoms with E-state index < -0.39 is 18.9 Å². The van der Waals surface area contributed by atoms with Gasteiger partial charge in [-0.05, 0) is 18.2 Å². The van der Waals surface area contributed by atoms with E-state index in [9.17, 15) is 13.6 Å². The molecule has 1 amide bonds. The van der Waals surface area contributed by atoms with Gasteiger partial charge in [0.05, 0.1) is 12.2 Å². The van der Waals surface area contributed by atoms with Crippen LogP contribution in [0.5, 0.6) is 0 Å². The van der Waals surface area contributed by atoms with Gasteiger partial charge in [0.2, 0.25) is 0 Å². The van der Waals surface area contributed by atoms with Crippen LogP contribution in [0.4, 0.5) is 8.78 Å². The quantitative estimate of drug-likeness (QED) is 0.911. The number of carbonyl (C=O) groups is 1. The standard InChI is InChI=1S/C12H12F2N4O/c1-18-10(12(19)16-7-11(13)14)5-9(17-18)8-3-2-4-15-6-8/h2-6,11H,7H2,1H3,(H,16,19). The normalized spacial score (nSPS) is 10.7. The molecule has 0 saturated carbocycles. The molecule has 5 nitrogen and oxygen atoms in total. The van der Waals surface area contributed by atoms with Crippen molar-refractivity contribution in [2.75, 3.05) is 6.54 Å². The van der Waals surface area contributed by atoms with Gasteiger partial charge in [0.25, 0.3) is 12.3 Å². The maximum absolute atomic E-state index is 12.0. The lowest BCUT2D eigenvalue weighted by atomic mass is 10.2. The largest absolute Gasteiger partial charge is 0.345 e. The smallest absolute Gasteiger partial charge is 0.269 e. The molecule has 0 radical (unpaired) electrons. The molecular formula is C12H12F2N4O. The summed E-state index contributed by atoms with van der Waals surface area (Å²) >= 11 is 0. The highest BCUT2D eigenvalue weighted by Crippen LogP contribution is 2.17. The van der Waals surface area contributed by atoms with E-state index >= 15 is 0 Å². The van der Waals surface area contributed by atoms with Crippen molar-refractivity contribution >= 4 is 5.91 Å². The molecule has 7 heteroatoms. The Hall–Kier alpha value is -2.31. The molecule has 0 saturated heterocycles. The van der Waals surface area contributed by atoms with Crippen LogP contribution in [-0.2, 0) is 7.05 Å². The summed E-state index contributed by atoms with van der Waals surface area (Å²) in [5.41, 5.74) is 1.54. The van der Waals surface area contributed by atoms with E-state index in [1.165, 1.54) is 10.7 Å². The number of rotatable bonds is 4. The molecule has 0 aromatic carbocycles. The summed E-state index contributed by atoms with van der Waals surface area (Å²) in [7, 11) is 1.58. The SMILES string of the molecule is Cn1nc(-c2cccnc2)cc1C(=O)NCC(F)F. The van der Waals surface area contributed by atoms with Gasteiger partial charge in [-0.3, -0.25) is 14.5 Å². The molecule has 0 fully saturated rings. The first-order valence-electron chi connectivity index (χ1n) is 5.58. The Kier molecular flexibility index (Phi) is 3.84. The second kappa shape index (κ2) is 5.55. The highest BCUT2D eigenvalue weighted by molar-refractivity contribution is 5.93. The van der Waals surface area contributed by atoms with Crippen LogP contribution in [0, 0.1) is 0 Å². The number of carbonyl (C=O) groups excluding carboxylic acids is 1. The number of aryl methyl sites for hydroxylation is 1. The van der Waals surface area contributed by atoms with Gasteiger partial charge in [-0.2, -0.15) is 5.10 Å². The molecule has 0 bridgehead atoms. The fraction of sp³-hybridized carbons (Fsp3) is 0.250. The lowest BCUT2D eigenvalue weighted by molar-refractivity contribution is 0.0882. The van der Waals surface area contributed by atoms with E-state index in [4.69, 9.17) is 0 Å². The zero-order chi connectivity index (χ0) is 13.8. The number of nitrogens with zero attached hydrogens (tertiary/aromatic N) is 3. The minimum Gasteiger partial charge on any atom is -0.345 e. The number of nitrogens with one attached hydrogen (secondary N) is 1. The predicted molar refractivity (Wildman–Crippen MR) is 64.8 cm³/mol. The third-order valence-corrected chi connectivity index (χ3v) is 2.49. The van der Waals surface area contributed by atoms with Crippen molar-refractivity contribution < 1.29 is 13.6 Å². The third-order valence-electron chi connectivity index (χ3n) is 2.49. The van der Waals surface area contributed by atoms with Crippen LogP contribution in [0.15, 0.2) is 30.6 Å². The number of aromatic nitrogens is 3. The van der Waals surface area contributed by atoms with E-state index in [0.29, 0.717) is 5.69 Å². The van der Waals surface area contributed by atoms with E-state index in [1.807, 2.05) is 0 Å². The van der Waals surface area contributed by atoms with Gasteiger partial charge in [-0.1, -0.05) is 0 Å². The molecule has 2 aromatic rings. The van der Waals surface area contributed by atoms with Crippen LogP contribution in [0.2, 0.25) is 0 Å². The first kappa shape index (κ1) is 13.1. The number of hydrogen-bond donors (Lipinski definition) is 1. The zero-order valence-corrected chi connectivity index (χ0v) is 10.2. The molecule has 2 aromatic heterocycles. The molecular weight excluding hydrogens is 254 g/mol. The van der Waals surface area contributed by atoms with Gasteiger partial charge in [0.1, 0.15) is 5.69 Å². The lowest BCUT2D eigenvalue weighted by Gasteiger charge is -2.03. The number of halogens is 2. The van der Waals surface area contributed by atoms with Gasteiger partial charge in [0.15, 0.2) is 0 Å². The minimum absolute atomic E-state index is 0.222. The number of amides is 1. The van der Waals surface area contributed by atoms with E-state index in [2.05, 4.69) is 15.4 Å². The van der Waals surface area contributed by atoms with Crippen LogP contribution in [0.3, 0.4) is 0 Å². The Bertz CT molecular complexity index is 568. The molecule has 1 N–H and O–H groups in total. The molecule has 19 heavy (non-hydrogen) atoms. The van der Waals surface area contributed by atoms with E-state index in [-0.39, 0.29) is 5.69 Å². The Labute approximate surface area is 108 Å².